The molecule has 0 amide bonds. The van der Waals surface area contributed by atoms with E-state index in [-0.39, 0.29) is 17.3 Å². The van der Waals surface area contributed by atoms with Crippen molar-refractivity contribution in [1.82, 2.24) is 14.9 Å². The highest BCUT2D eigenvalue weighted by Gasteiger charge is 2.23. The lowest BCUT2D eigenvalue weighted by atomic mass is 10.1. The fourth-order valence-electron chi connectivity index (χ4n) is 3.06. The number of aryl methyl sites for hydroxylation is 1. The van der Waals surface area contributed by atoms with Crippen molar-refractivity contribution in [2.45, 2.75) is 26.2 Å². The zero-order chi connectivity index (χ0) is 18.4. The Labute approximate surface area is 152 Å². The Morgan fingerprint density at radius 3 is 2.50 bits per heavy atom. The van der Waals surface area contributed by atoms with Gasteiger partial charge >= 0.3 is 5.69 Å². The van der Waals surface area contributed by atoms with Crippen molar-refractivity contribution in [3.63, 3.8) is 0 Å². The van der Waals surface area contributed by atoms with Gasteiger partial charge in [0.15, 0.2) is 0 Å². The van der Waals surface area contributed by atoms with E-state index in [0.717, 1.165) is 30.9 Å². The average Bonchev–Trinajstić information content (AvgIpc) is 2.64. The first-order chi connectivity index (χ1) is 12.6. The topological polar surface area (TPSA) is 96.2 Å². The van der Waals surface area contributed by atoms with Crippen LogP contribution < -0.4 is 10.6 Å². The summed E-state index contributed by atoms with van der Waals surface area (Å²) in [6, 6.07) is 7.61. The minimum Gasteiger partial charge on any atom is -0.363 e. The fraction of sp³-hybridized carbons (Fsp3) is 0.444. The van der Waals surface area contributed by atoms with Crippen molar-refractivity contribution in [1.29, 1.82) is 0 Å². The van der Waals surface area contributed by atoms with Crippen LogP contribution in [0.4, 0.5) is 23.0 Å². The molecule has 138 valence electrons. The van der Waals surface area contributed by atoms with E-state index in [0.29, 0.717) is 6.54 Å². The van der Waals surface area contributed by atoms with Crippen LogP contribution in [-0.4, -0.2) is 46.0 Å². The van der Waals surface area contributed by atoms with E-state index in [2.05, 4.69) is 25.5 Å². The van der Waals surface area contributed by atoms with E-state index in [9.17, 15) is 10.1 Å². The molecule has 1 aromatic carbocycles. The molecule has 2 heterocycles. The second-order valence-corrected chi connectivity index (χ2v) is 6.50. The number of nitrogens with one attached hydrogen (secondary N) is 2. The zero-order valence-corrected chi connectivity index (χ0v) is 14.9. The van der Waals surface area contributed by atoms with Crippen molar-refractivity contribution in [3.8, 4) is 0 Å². The summed E-state index contributed by atoms with van der Waals surface area (Å²) in [7, 11) is 0. The van der Waals surface area contributed by atoms with E-state index < -0.39 is 4.92 Å². The summed E-state index contributed by atoms with van der Waals surface area (Å²) in [6.45, 7) is 5.63. The second kappa shape index (κ2) is 8.57. The summed E-state index contributed by atoms with van der Waals surface area (Å²) >= 11 is 0. The SMILES string of the molecule is Cc1ccc(Nc2ncnc(NCCN3CCCCC3)c2[N+](=O)[O-])cc1. The maximum atomic E-state index is 11.6. The summed E-state index contributed by atoms with van der Waals surface area (Å²) in [5.74, 6) is 0.436. The van der Waals surface area contributed by atoms with E-state index in [1.807, 2.05) is 31.2 Å². The molecule has 1 aliphatic heterocycles. The molecule has 1 fully saturated rings. The van der Waals surface area contributed by atoms with Crippen LogP contribution >= 0.6 is 0 Å². The molecule has 8 nitrogen and oxygen atoms in total. The normalized spacial score (nSPS) is 14.8. The molecule has 2 aromatic rings. The van der Waals surface area contributed by atoms with E-state index in [1.54, 1.807) is 0 Å². The summed E-state index contributed by atoms with van der Waals surface area (Å²) in [6.07, 6.45) is 5.07. The third-order valence-corrected chi connectivity index (χ3v) is 4.49. The first kappa shape index (κ1) is 18.1. The van der Waals surface area contributed by atoms with Crippen LogP contribution in [0, 0.1) is 17.0 Å². The lowest BCUT2D eigenvalue weighted by Crippen LogP contribution is -2.33. The number of likely N-dealkylation sites (tertiary alicyclic amines) is 1. The van der Waals surface area contributed by atoms with Crippen molar-refractivity contribution >= 4 is 23.0 Å². The number of rotatable bonds is 7. The Morgan fingerprint density at radius 2 is 1.81 bits per heavy atom. The van der Waals surface area contributed by atoms with E-state index >= 15 is 0 Å². The Balaban J connectivity index is 1.70. The Kier molecular flexibility index (Phi) is 5.96. The highest BCUT2D eigenvalue weighted by molar-refractivity contribution is 5.73. The largest absolute Gasteiger partial charge is 0.363 e. The molecule has 1 saturated heterocycles. The number of hydrogen-bond acceptors (Lipinski definition) is 7. The highest BCUT2D eigenvalue weighted by Crippen LogP contribution is 2.31. The van der Waals surface area contributed by atoms with E-state index in [1.165, 1.54) is 25.6 Å². The first-order valence-electron chi connectivity index (χ1n) is 8.93. The Bertz CT molecular complexity index is 744. The van der Waals surface area contributed by atoms with Crippen LogP contribution in [0.5, 0.6) is 0 Å². The molecular formula is C18H24N6O2. The van der Waals surface area contributed by atoms with Gasteiger partial charge in [-0.1, -0.05) is 24.1 Å². The monoisotopic (exact) mass is 356 g/mol. The molecule has 1 aromatic heterocycles. The minimum absolute atomic E-state index is 0.133. The molecule has 0 radical (unpaired) electrons. The predicted octanol–water partition coefficient (Wildman–Crippen LogP) is 3.33. The number of nitro groups is 1. The van der Waals surface area contributed by atoms with Gasteiger partial charge in [0.25, 0.3) is 0 Å². The minimum atomic E-state index is -0.445. The molecule has 0 spiro atoms. The van der Waals surface area contributed by atoms with Crippen molar-refractivity contribution < 1.29 is 4.92 Å². The maximum Gasteiger partial charge on any atom is 0.353 e. The maximum absolute atomic E-state index is 11.6. The molecule has 0 aliphatic carbocycles. The molecule has 1 aliphatic rings. The first-order valence-corrected chi connectivity index (χ1v) is 8.93. The molecular weight excluding hydrogens is 332 g/mol. The van der Waals surface area contributed by atoms with Gasteiger partial charge in [0.1, 0.15) is 6.33 Å². The Hall–Kier alpha value is -2.74. The molecule has 8 heteroatoms. The van der Waals surface area contributed by atoms with E-state index in [4.69, 9.17) is 0 Å². The van der Waals surface area contributed by atoms with Gasteiger partial charge in [-0.2, -0.15) is 0 Å². The van der Waals surface area contributed by atoms with Gasteiger partial charge in [-0.15, -0.1) is 0 Å². The van der Waals surface area contributed by atoms with Gasteiger partial charge < -0.3 is 15.5 Å². The zero-order valence-electron chi connectivity index (χ0n) is 14.9. The lowest BCUT2D eigenvalue weighted by Gasteiger charge is -2.26. The lowest BCUT2D eigenvalue weighted by molar-refractivity contribution is -0.383. The molecule has 0 bridgehead atoms. The number of nitrogens with zero attached hydrogens (tertiary/aromatic N) is 4. The van der Waals surface area contributed by atoms with Crippen LogP contribution in [0.15, 0.2) is 30.6 Å². The molecule has 0 atom stereocenters. The van der Waals surface area contributed by atoms with Crippen LogP contribution in [-0.2, 0) is 0 Å². The van der Waals surface area contributed by atoms with Gasteiger partial charge in [0, 0.05) is 18.8 Å². The Morgan fingerprint density at radius 1 is 1.12 bits per heavy atom. The van der Waals surface area contributed by atoms with Crippen LogP contribution in [0.25, 0.3) is 0 Å². The van der Waals surface area contributed by atoms with Gasteiger partial charge in [0.05, 0.1) is 4.92 Å². The number of aromatic nitrogens is 2. The van der Waals surface area contributed by atoms with Crippen molar-refractivity contribution in [3.05, 3.63) is 46.3 Å². The number of benzene rings is 1. The summed E-state index contributed by atoms with van der Waals surface area (Å²) < 4.78 is 0. The fourth-order valence-corrected chi connectivity index (χ4v) is 3.06. The highest BCUT2D eigenvalue weighted by atomic mass is 16.6. The molecule has 0 unspecified atom stereocenters. The third-order valence-electron chi connectivity index (χ3n) is 4.49. The quantitative estimate of drug-likeness (QED) is 0.580. The molecule has 26 heavy (non-hydrogen) atoms. The summed E-state index contributed by atoms with van der Waals surface area (Å²) in [5, 5.41) is 17.7. The standard InChI is InChI=1S/C18H24N6O2/c1-14-5-7-15(8-6-14)22-18-16(24(25)26)17(20-13-21-18)19-9-12-23-10-3-2-4-11-23/h5-8,13H,2-4,9-12H2,1H3,(H2,19,20,21,22). The number of anilines is 3. The van der Waals surface area contributed by atoms with Crippen molar-refractivity contribution in [2.75, 3.05) is 36.8 Å². The average molecular weight is 356 g/mol. The van der Waals surface area contributed by atoms with Gasteiger partial charge in [0.2, 0.25) is 11.6 Å². The van der Waals surface area contributed by atoms with Crippen molar-refractivity contribution in [2.24, 2.45) is 0 Å². The molecule has 2 N–H and O–H groups in total. The molecule has 0 saturated carbocycles. The summed E-state index contributed by atoms with van der Waals surface area (Å²) in [4.78, 5) is 21.7. The number of piperidine rings is 1. The second-order valence-electron chi connectivity index (χ2n) is 6.50. The number of hydrogen-bond donors (Lipinski definition) is 2. The van der Waals surface area contributed by atoms with Crippen LogP contribution in [0.3, 0.4) is 0 Å². The predicted molar refractivity (Wildman–Crippen MR) is 102 cm³/mol. The van der Waals surface area contributed by atoms with Gasteiger partial charge in [-0.05, 0) is 45.0 Å². The molecule has 3 rings (SSSR count). The third kappa shape index (κ3) is 4.66. The van der Waals surface area contributed by atoms with Crippen LogP contribution in [0.2, 0.25) is 0 Å². The summed E-state index contributed by atoms with van der Waals surface area (Å²) in [5.41, 5.74) is 1.73. The van der Waals surface area contributed by atoms with Gasteiger partial charge in [-0.25, -0.2) is 9.97 Å². The van der Waals surface area contributed by atoms with Gasteiger partial charge in [-0.3, -0.25) is 10.1 Å². The smallest absolute Gasteiger partial charge is 0.353 e. The van der Waals surface area contributed by atoms with Crippen LogP contribution in [0.1, 0.15) is 24.8 Å².